The second-order valence-corrected chi connectivity index (χ2v) is 6.86. The van der Waals surface area contributed by atoms with Crippen LogP contribution in [0.4, 0.5) is 10.1 Å². The number of carbonyl (C=O) groups is 1. The number of aromatic carboxylic acids is 1. The topological polar surface area (TPSA) is 74.6 Å². The van der Waals surface area contributed by atoms with Crippen LogP contribution in [0.1, 0.15) is 35.7 Å². The van der Waals surface area contributed by atoms with E-state index in [1.807, 2.05) is 16.5 Å². The molecule has 1 saturated heterocycles. The van der Waals surface area contributed by atoms with Gasteiger partial charge in [0.15, 0.2) is 0 Å². The lowest BCUT2D eigenvalue weighted by atomic mass is 10.1. The van der Waals surface area contributed by atoms with Crippen LogP contribution in [0.2, 0.25) is 0 Å². The first-order valence-electron chi connectivity index (χ1n) is 8.53. The lowest BCUT2D eigenvalue weighted by Crippen LogP contribution is -2.30. The Kier molecular flexibility index (Phi) is 3.76. The minimum atomic E-state index is -1.28. The number of rotatable bonds is 4. The zero-order valence-corrected chi connectivity index (χ0v) is 14.0. The van der Waals surface area contributed by atoms with Crippen molar-refractivity contribution in [2.45, 2.75) is 31.3 Å². The molecule has 4 rings (SSSR count). The monoisotopic (exact) mass is 345 g/mol. The van der Waals surface area contributed by atoms with Crippen molar-refractivity contribution >= 4 is 22.6 Å². The Morgan fingerprint density at radius 3 is 2.68 bits per heavy atom. The van der Waals surface area contributed by atoms with Crippen molar-refractivity contribution < 1.29 is 14.3 Å². The van der Waals surface area contributed by atoms with Gasteiger partial charge in [-0.15, -0.1) is 0 Å². The second-order valence-electron chi connectivity index (χ2n) is 6.86. The minimum Gasteiger partial charge on any atom is -0.477 e. The zero-order chi connectivity index (χ0) is 17.7. The summed E-state index contributed by atoms with van der Waals surface area (Å²) < 4.78 is 16.5. The third-order valence-corrected chi connectivity index (χ3v) is 5.21. The summed E-state index contributed by atoms with van der Waals surface area (Å²) in [6, 6.07) is 3.40. The minimum absolute atomic E-state index is 0.136. The van der Waals surface area contributed by atoms with Crippen LogP contribution in [-0.4, -0.2) is 41.8 Å². The van der Waals surface area contributed by atoms with E-state index in [9.17, 15) is 19.1 Å². The number of hydrogen-bond donors (Lipinski definition) is 2. The van der Waals surface area contributed by atoms with Crippen LogP contribution in [0.15, 0.2) is 23.1 Å². The number of nitrogens with zero attached hydrogens (tertiary/aromatic N) is 2. The normalized spacial score (nSPS) is 20.4. The van der Waals surface area contributed by atoms with Crippen molar-refractivity contribution in [3.63, 3.8) is 0 Å². The van der Waals surface area contributed by atoms with Crippen LogP contribution in [0.5, 0.6) is 0 Å². The molecule has 1 saturated carbocycles. The zero-order valence-electron chi connectivity index (χ0n) is 14.0. The van der Waals surface area contributed by atoms with Gasteiger partial charge in [-0.1, -0.05) is 0 Å². The molecule has 0 unspecified atom stereocenters. The average Bonchev–Trinajstić information content (AvgIpc) is 3.31. The number of anilines is 1. The van der Waals surface area contributed by atoms with Crippen molar-refractivity contribution in [2.24, 2.45) is 0 Å². The number of carboxylic acid groups (broad SMARTS) is 1. The van der Waals surface area contributed by atoms with E-state index in [0.717, 1.165) is 25.8 Å². The lowest BCUT2D eigenvalue weighted by molar-refractivity contribution is 0.0695. The molecule has 2 aromatic rings. The highest BCUT2D eigenvalue weighted by atomic mass is 19.1. The van der Waals surface area contributed by atoms with Gasteiger partial charge in [0.25, 0.3) is 0 Å². The summed E-state index contributed by atoms with van der Waals surface area (Å²) in [6.45, 7) is 1.45. The molecule has 1 aliphatic carbocycles. The highest BCUT2D eigenvalue weighted by molar-refractivity contribution is 5.93. The van der Waals surface area contributed by atoms with Gasteiger partial charge in [-0.05, 0) is 38.4 Å². The Balaban J connectivity index is 1.90. The number of benzene rings is 1. The fraction of sp³-hybridized carbons (Fsp3) is 0.444. The van der Waals surface area contributed by atoms with Crippen molar-refractivity contribution in [2.75, 3.05) is 25.0 Å². The summed E-state index contributed by atoms with van der Waals surface area (Å²) in [5.41, 5.74) is 0.159. The van der Waals surface area contributed by atoms with Crippen molar-refractivity contribution in [1.82, 2.24) is 9.88 Å². The number of likely N-dealkylation sites (N-methyl/N-ethyl adjacent to an activating group) is 1. The molecule has 0 spiro atoms. The average molecular weight is 345 g/mol. The van der Waals surface area contributed by atoms with Gasteiger partial charge in [0.05, 0.1) is 11.2 Å². The number of pyridine rings is 1. The highest BCUT2D eigenvalue weighted by Gasteiger charge is 2.29. The number of nitrogens with one attached hydrogen (secondary N) is 1. The van der Waals surface area contributed by atoms with E-state index in [-0.39, 0.29) is 17.0 Å². The quantitative estimate of drug-likeness (QED) is 0.886. The standard InChI is InChI=1S/C18H20FN3O3/c1-20-10-4-5-21(8-10)16-7-15-12(6-14(16)19)17(23)13(18(24)25)9-22(15)11-2-3-11/h6-7,9-11,20H,2-5,8H2,1H3,(H,24,25)/t10-/m1/s1. The molecule has 2 heterocycles. The Labute approximate surface area is 143 Å². The predicted octanol–water partition coefficient (Wildman–Crippen LogP) is 1.97. The number of halogens is 1. The van der Waals surface area contributed by atoms with Crippen molar-refractivity contribution in [1.29, 1.82) is 0 Å². The summed E-state index contributed by atoms with van der Waals surface area (Å²) in [6.07, 6.45) is 4.22. The van der Waals surface area contributed by atoms with Crippen molar-refractivity contribution in [3.8, 4) is 0 Å². The molecule has 1 aliphatic heterocycles. The molecule has 0 amide bonds. The first kappa shape index (κ1) is 16.1. The molecule has 0 bridgehead atoms. The maximum absolute atomic E-state index is 14.7. The molecule has 7 heteroatoms. The van der Waals surface area contributed by atoms with Gasteiger partial charge >= 0.3 is 5.97 Å². The summed E-state index contributed by atoms with van der Waals surface area (Å²) in [4.78, 5) is 25.8. The summed E-state index contributed by atoms with van der Waals surface area (Å²) in [7, 11) is 1.89. The van der Waals surface area contributed by atoms with Gasteiger partial charge in [-0.3, -0.25) is 4.79 Å². The lowest BCUT2D eigenvalue weighted by Gasteiger charge is -2.21. The van der Waals surface area contributed by atoms with E-state index in [1.54, 1.807) is 6.07 Å². The first-order valence-corrected chi connectivity index (χ1v) is 8.53. The van der Waals surface area contributed by atoms with Gasteiger partial charge in [0.1, 0.15) is 11.4 Å². The maximum Gasteiger partial charge on any atom is 0.341 e. The van der Waals surface area contributed by atoms with E-state index < -0.39 is 17.2 Å². The molecule has 2 N–H and O–H groups in total. The van der Waals surface area contributed by atoms with Crippen LogP contribution in [0, 0.1) is 5.82 Å². The molecule has 6 nitrogen and oxygen atoms in total. The fourth-order valence-electron chi connectivity index (χ4n) is 3.62. The third kappa shape index (κ3) is 2.68. The molecule has 1 aromatic carbocycles. The van der Waals surface area contributed by atoms with E-state index in [4.69, 9.17) is 0 Å². The van der Waals surface area contributed by atoms with Crippen LogP contribution in [-0.2, 0) is 0 Å². The molecule has 132 valence electrons. The Hall–Kier alpha value is -2.41. The number of aromatic nitrogens is 1. The van der Waals surface area contributed by atoms with Crippen LogP contribution in [0.25, 0.3) is 10.9 Å². The predicted molar refractivity (Wildman–Crippen MR) is 93.1 cm³/mol. The first-order chi connectivity index (χ1) is 12.0. The Morgan fingerprint density at radius 1 is 1.32 bits per heavy atom. The molecule has 0 radical (unpaired) electrons. The molecule has 25 heavy (non-hydrogen) atoms. The number of fused-ring (bicyclic) bond motifs is 1. The van der Waals surface area contributed by atoms with E-state index >= 15 is 0 Å². The van der Waals surface area contributed by atoms with Crippen LogP contribution < -0.4 is 15.6 Å². The van der Waals surface area contributed by atoms with Crippen molar-refractivity contribution in [3.05, 3.63) is 39.9 Å². The maximum atomic E-state index is 14.7. The number of hydrogen-bond acceptors (Lipinski definition) is 4. The van der Waals surface area contributed by atoms with E-state index in [2.05, 4.69) is 5.32 Å². The fourth-order valence-corrected chi connectivity index (χ4v) is 3.62. The van der Waals surface area contributed by atoms with Gasteiger partial charge in [0.2, 0.25) is 5.43 Å². The van der Waals surface area contributed by atoms with E-state index in [0.29, 0.717) is 23.8 Å². The van der Waals surface area contributed by atoms with Gasteiger partial charge < -0.3 is 19.9 Å². The summed E-state index contributed by atoms with van der Waals surface area (Å²) >= 11 is 0. The number of carboxylic acids is 1. The largest absolute Gasteiger partial charge is 0.477 e. The third-order valence-electron chi connectivity index (χ3n) is 5.21. The SMILES string of the molecule is CN[C@@H]1CCN(c2cc3c(cc2F)c(=O)c(C(=O)O)cn3C2CC2)C1. The van der Waals surface area contributed by atoms with Crippen LogP contribution >= 0.6 is 0 Å². The summed E-state index contributed by atoms with van der Waals surface area (Å²) in [5.74, 6) is -1.76. The van der Waals surface area contributed by atoms with Gasteiger partial charge in [0, 0.05) is 36.8 Å². The highest BCUT2D eigenvalue weighted by Crippen LogP contribution is 2.38. The molecular formula is C18H20FN3O3. The molecule has 1 aromatic heterocycles. The van der Waals surface area contributed by atoms with Gasteiger partial charge in [-0.2, -0.15) is 0 Å². The molecular weight excluding hydrogens is 325 g/mol. The Morgan fingerprint density at radius 2 is 2.08 bits per heavy atom. The smallest absolute Gasteiger partial charge is 0.341 e. The van der Waals surface area contributed by atoms with Gasteiger partial charge in [-0.25, -0.2) is 9.18 Å². The summed E-state index contributed by atoms with van der Waals surface area (Å²) in [5, 5.41) is 12.6. The second kappa shape index (κ2) is 5.84. The Bertz CT molecular complexity index is 920. The van der Waals surface area contributed by atoms with E-state index in [1.165, 1.54) is 12.3 Å². The molecule has 2 fully saturated rings. The van der Waals surface area contributed by atoms with Crippen LogP contribution in [0.3, 0.4) is 0 Å². The molecule has 2 aliphatic rings. The molecule has 1 atom stereocenters.